The summed E-state index contributed by atoms with van der Waals surface area (Å²) in [6, 6.07) is 12.2. The van der Waals surface area contributed by atoms with E-state index in [1.165, 1.54) is 17.1 Å². The molecule has 3 aromatic rings. The Labute approximate surface area is 235 Å². The molecule has 0 bridgehead atoms. The van der Waals surface area contributed by atoms with Crippen LogP contribution < -0.4 is 14.2 Å². The van der Waals surface area contributed by atoms with Gasteiger partial charge in [0, 0.05) is 38.8 Å². The van der Waals surface area contributed by atoms with Crippen LogP contribution in [0.5, 0.6) is 11.5 Å². The molecule has 12 heteroatoms. The van der Waals surface area contributed by atoms with Gasteiger partial charge in [-0.25, -0.2) is 4.98 Å². The maximum Gasteiger partial charge on any atom is 0.281 e. The molecule has 216 valence electrons. The monoisotopic (exact) mass is 571 g/mol. The van der Waals surface area contributed by atoms with Gasteiger partial charge >= 0.3 is 0 Å². The maximum absolute atomic E-state index is 13.7. The largest absolute Gasteiger partial charge is 0.497 e. The van der Waals surface area contributed by atoms with E-state index in [-0.39, 0.29) is 40.5 Å². The summed E-state index contributed by atoms with van der Waals surface area (Å²) >= 11 is 0. The van der Waals surface area contributed by atoms with Crippen LogP contribution in [0.1, 0.15) is 29.8 Å². The number of carbonyl (C=O) groups excluding carboxylic acids is 1. The van der Waals surface area contributed by atoms with Crippen molar-refractivity contribution < 1.29 is 27.8 Å². The van der Waals surface area contributed by atoms with Crippen molar-refractivity contribution in [2.45, 2.75) is 37.6 Å². The minimum absolute atomic E-state index is 0.134. The number of amides is 1. The fourth-order valence-electron chi connectivity index (χ4n) is 4.68. The number of fused-ring (bicyclic) bond motifs is 1. The Hall–Kier alpha value is -3.61. The van der Waals surface area contributed by atoms with E-state index in [1.54, 1.807) is 44.2 Å². The second-order valence-electron chi connectivity index (χ2n) is 10.3. The number of benzene rings is 2. The fraction of sp³-hybridized carbons (Fsp3) is 0.429. The van der Waals surface area contributed by atoms with Crippen LogP contribution in [0.15, 0.2) is 60.0 Å². The lowest BCUT2D eigenvalue weighted by Crippen LogP contribution is -2.49. The molecule has 1 aliphatic rings. The zero-order valence-electron chi connectivity index (χ0n) is 23.4. The molecule has 2 aromatic carbocycles. The molecule has 1 amide bonds. The van der Waals surface area contributed by atoms with Crippen molar-refractivity contribution in [3.8, 4) is 11.5 Å². The number of rotatable bonds is 10. The molecule has 0 spiro atoms. The number of para-hydroxylation sites is 1. The normalized spacial score (nSPS) is 18.5. The highest BCUT2D eigenvalue weighted by Gasteiger charge is 2.35. The number of methoxy groups -OCH3 is 1. The van der Waals surface area contributed by atoms with Crippen LogP contribution in [-0.4, -0.2) is 84.8 Å². The van der Waals surface area contributed by atoms with Crippen LogP contribution in [0, 0.1) is 5.92 Å². The lowest BCUT2D eigenvalue weighted by molar-refractivity contribution is 0.0344. The summed E-state index contributed by atoms with van der Waals surface area (Å²) in [7, 11) is 1.24. The molecular formula is C28H37N5O6S. The average molecular weight is 572 g/mol. The Morgan fingerprint density at radius 1 is 1.25 bits per heavy atom. The highest BCUT2D eigenvalue weighted by Crippen LogP contribution is 2.36. The van der Waals surface area contributed by atoms with Gasteiger partial charge in [-0.05, 0) is 43.8 Å². The molecule has 0 radical (unpaired) electrons. The third-order valence-corrected chi connectivity index (χ3v) is 8.25. The number of imidazole rings is 1. The average Bonchev–Trinajstić information content (AvgIpc) is 3.38. The van der Waals surface area contributed by atoms with Gasteiger partial charge in [-0.15, -0.1) is 0 Å². The first-order valence-electron chi connectivity index (χ1n) is 13.1. The van der Waals surface area contributed by atoms with Crippen LogP contribution >= 0.6 is 0 Å². The number of aliphatic hydroxyl groups is 1. The molecule has 3 atom stereocenters. The van der Waals surface area contributed by atoms with Crippen molar-refractivity contribution in [2.24, 2.45) is 13.0 Å². The number of carbonyl (C=O) groups is 1. The highest BCUT2D eigenvalue weighted by atomic mass is 32.2. The van der Waals surface area contributed by atoms with E-state index in [1.807, 2.05) is 38.2 Å². The Morgan fingerprint density at radius 2 is 1.98 bits per heavy atom. The third kappa shape index (κ3) is 6.57. The zero-order valence-corrected chi connectivity index (χ0v) is 24.3. The Morgan fingerprint density at radius 3 is 2.60 bits per heavy atom. The smallest absolute Gasteiger partial charge is 0.281 e. The highest BCUT2D eigenvalue weighted by molar-refractivity contribution is 7.92. The summed E-state index contributed by atoms with van der Waals surface area (Å²) in [5, 5.41) is 9.76. The number of nitrogens with zero attached hydrogens (tertiary/aromatic N) is 4. The summed E-state index contributed by atoms with van der Waals surface area (Å²) in [4.78, 5) is 21.4. The lowest BCUT2D eigenvalue weighted by atomic mass is 9.99. The van der Waals surface area contributed by atoms with Gasteiger partial charge in [0.25, 0.3) is 15.9 Å². The SMILES string of the molecule is COc1ccc(CN(C)C[C@@H]2Oc3c(NS(=O)(=O)c4cn(C)cn4)cccc3C(=O)N([C@H](C)CO)C[C@H]2C)cc1. The van der Waals surface area contributed by atoms with Gasteiger partial charge in [0.05, 0.1) is 37.3 Å². The summed E-state index contributed by atoms with van der Waals surface area (Å²) in [5.41, 5.74) is 1.46. The topological polar surface area (TPSA) is 126 Å². The molecule has 4 rings (SSSR count). The predicted octanol–water partition coefficient (Wildman–Crippen LogP) is 2.58. The van der Waals surface area contributed by atoms with E-state index in [0.717, 1.165) is 11.3 Å². The van der Waals surface area contributed by atoms with E-state index in [0.29, 0.717) is 19.6 Å². The van der Waals surface area contributed by atoms with Crippen LogP contribution in [-0.2, 0) is 23.6 Å². The van der Waals surface area contributed by atoms with Gasteiger partial charge in [0.2, 0.25) is 0 Å². The number of nitrogens with one attached hydrogen (secondary N) is 1. The lowest BCUT2D eigenvalue weighted by Gasteiger charge is -2.38. The van der Waals surface area contributed by atoms with Crippen LogP contribution in [0.4, 0.5) is 5.69 Å². The summed E-state index contributed by atoms with van der Waals surface area (Å²) in [6.45, 7) is 5.08. The maximum atomic E-state index is 13.7. The van der Waals surface area contributed by atoms with E-state index in [9.17, 15) is 18.3 Å². The van der Waals surface area contributed by atoms with Gasteiger partial charge in [-0.2, -0.15) is 8.42 Å². The Bertz CT molecular complexity index is 1430. The number of ether oxygens (including phenoxy) is 2. The van der Waals surface area contributed by atoms with Crippen molar-refractivity contribution in [3.63, 3.8) is 0 Å². The molecule has 0 saturated carbocycles. The van der Waals surface area contributed by atoms with E-state index < -0.39 is 22.2 Å². The molecule has 0 saturated heterocycles. The van der Waals surface area contributed by atoms with E-state index in [2.05, 4.69) is 14.6 Å². The minimum Gasteiger partial charge on any atom is -0.497 e. The number of hydrogen-bond donors (Lipinski definition) is 2. The third-order valence-electron chi connectivity index (χ3n) is 7.00. The first-order chi connectivity index (χ1) is 19.0. The molecular weight excluding hydrogens is 534 g/mol. The molecule has 1 aromatic heterocycles. The van der Waals surface area contributed by atoms with Crippen molar-refractivity contribution >= 4 is 21.6 Å². The molecule has 2 N–H and O–H groups in total. The van der Waals surface area contributed by atoms with Crippen LogP contribution in [0.25, 0.3) is 0 Å². The first-order valence-corrected chi connectivity index (χ1v) is 14.5. The van der Waals surface area contributed by atoms with E-state index in [4.69, 9.17) is 9.47 Å². The summed E-state index contributed by atoms with van der Waals surface area (Å²) in [5.74, 6) is 0.456. The molecule has 11 nitrogen and oxygen atoms in total. The van der Waals surface area contributed by atoms with Crippen molar-refractivity contribution in [3.05, 3.63) is 66.1 Å². The molecule has 0 aliphatic carbocycles. The number of anilines is 1. The number of aliphatic hydroxyl groups excluding tert-OH is 1. The molecule has 1 aliphatic heterocycles. The standard InChI is InChI=1S/C28H37N5O6S/c1-19-13-33(20(2)17-34)28(35)23-7-6-8-24(30-40(36,37)26-16-32(4)18-29-26)27(23)39-25(19)15-31(3)14-21-9-11-22(38-5)12-10-21/h6-12,16,18-20,25,30,34H,13-15,17H2,1-5H3/t19-,20-,25+/m1/s1. The predicted molar refractivity (Wildman–Crippen MR) is 151 cm³/mol. The van der Waals surface area contributed by atoms with Crippen molar-refractivity contribution in [1.29, 1.82) is 0 Å². The molecule has 0 fully saturated rings. The van der Waals surface area contributed by atoms with Gasteiger partial charge in [-0.3, -0.25) is 14.4 Å². The van der Waals surface area contributed by atoms with E-state index >= 15 is 0 Å². The number of hydrogen-bond acceptors (Lipinski definition) is 8. The van der Waals surface area contributed by atoms with Gasteiger partial charge in [0.15, 0.2) is 10.8 Å². The Kier molecular flexibility index (Phi) is 9.02. The summed E-state index contributed by atoms with van der Waals surface area (Å²) in [6.07, 6.45) is 2.39. The quantitative estimate of drug-likeness (QED) is 0.380. The summed E-state index contributed by atoms with van der Waals surface area (Å²) < 4.78 is 42.2. The van der Waals surface area contributed by atoms with Crippen molar-refractivity contribution in [2.75, 3.05) is 38.6 Å². The van der Waals surface area contributed by atoms with Gasteiger partial charge < -0.3 is 24.0 Å². The van der Waals surface area contributed by atoms with Gasteiger partial charge in [-0.1, -0.05) is 25.1 Å². The number of aromatic nitrogens is 2. The molecule has 2 heterocycles. The van der Waals surface area contributed by atoms with Gasteiger partial charge in [0.1, 0.15) is 11.9 Å². The second-order valence-corrected chi connectivity index (χ2v) is 12.0. The number of aryl methyl sites for hydroxylation is 1. The van der Waals surface area contributed by atoms with Crippen LogP contribution in [0.2, 0.25) is 0 Å². The molecule has 0 unspecified atom stereocenters. The Balaban J connectivity index is 1.68. The zero-order chi connectivity index (χ0) is 29.0. The number of sulfonamides is 1. The number of likely N-dealkylation sites (N-methyl/N-ethyl adjacent to an activating group) is 1. The second kappa shape index (κ2) is 12.3. The first kappa shape index (κ1) is 29.4. The fourth-order valence-corrected chi connectivity index (χ4v) is 5.73. The molecule has 40 heavy (non-hydrogen) atoms. The van der Waals surface area contributed by atoms with Crippen molar-refractivity contribution in [1.82, 2.24) is 19.4 Å². The van der Waals surface area contributed by atoms with Crippen LogP contribution in [0.3, 0.4) is 0 Å². The minimum atomic E-state index is -4.05.